The Hall–Kier alpha value is -1.10. The van der Waals surface area contributed by atoms with E-state index in [-0.39, 0.29) is 24.7 Å². The van der Waals surface area contributed by atoms with Crippen molar-refractivity contribution in [3.8, 4) is 0 Å². The van der Waals surface area contributed by atoms with Crippen molar-refractivity contribution in [2.75, 3.05) is 13.7 Å². The third-order valence-corrected chi connectivity index (χ3v) is 2.77. The topological polar surface area (TPSA) is 75.6 Å². The van der Waals surface area contributed by atoms with Crippen LogP contribution in [0.3, 0.4) is 0 Å². The second-order valence-corrected chi connectivity index (χ2v) is 4.82. The summed E-state index contributed by atoms with van der Waals surface area (Å²) in [5.41, 5.74) is -0.488. The summed E-state index contributed by atoms with van der Waals surface area (Å²) in [6.07, 6.45) is 1.09. The van der Waals surface area contributed by atoms with E-state index in [0.29, 0.717) is 6.54 Å². The Bertz CT molecular complexity index is 263. The molecule has 2 N–H and O–H groups in total. The van der Waals surface area contributed by atoms with Crippen molar-refractivity contribution in [3.05, 3.63) is 0 Å². The number of carboxylic acid groups (broad SMARTS) is 1. The number of rotatable bonds is 8. The molecule has 5 heteroatoms. The van der Waals surface area contributed by atoms with E-state index in [0.717, 1.165) is 6.42 Å². The van der Waals surface area contributed by atoms with E-state index in [4.69, 9.17) is 9.84 Å². The first-order valence-corrected chi connectivity index (χ1v) is 5.84. The van der Waals surface area contributed by atoms with Crippen LogP contribution in [-0.4, -0.2) is 36.2 Å². The van der Waals surface area contributed by atoms with Crippen molar-refractivity contribution in [1.82, 2.24) is 5.32 Å². The molecule has 0 saturated carbocycles. The van der Waals surface area contributed by atoms with Gasteiger partial charge in [0.15, 0.2) is 0 Å². The Morgan fingerprint density at radius 3 is 2.41 bits per heavy atom. The van der Waals surface area contributed by atoms with Crippen molar-refractivity contribution in [2.45, 2.75) is 45.6 Å². The fourth-order valence-corrected chi connectivity index (χ4v) is 1.39. The summed E-state index contributed by atoms with van der Waals surface area (Å²) in [7, 11) is 1.56. The average Bonchev–Trinajstić information content (AvgIpc) is 2.23. The smallest absolute Gasteiger partial charge is 0.303 e. The molecule has 0 aliphatic rings. The standard InChI is InChI=1S/C12H23NO4/c1-5-9(6-11(15)16)8-13-10(14)7-12(2,3)17-4/h9H,5-8H2,1-4H3,(H,13,14)(H,15,16). The van der Waals surface area contributed by atoms with Crippen molar-refractivity contribution < 1.29 is 19.4 Å². The summed E-state index contributed by atoms with van der Waals surface area (Å²) in [5, 5.41) is 11.4. The van der Waals surface area contributed by atoms with E-state index in [1.54, 1.807) is 7.11 Å². The van der Waals surface area contributed by atoms with Gasteiger partial charge >= 0.3 is 5.97 Å². The van der Waals surface area contributed by atoms with E-state index < -0.39 is 11.6 Å². The minimum absolute atomic E-state index is 0.0119. The Labute approximate surface area is 103 Å². The lowest BCUT2D eigenvalue weighted by Crippen LogP contribution is -2.36. The lowest BCUT2D eigenvalue weighted by atomic mass is 10.0. The molecule has 0 aromatic carbocycles. The summed E-state index contributed by atoms with van der Waals surface area (Å²) in [4.78, 5) is 22.1. The molecule has 0 fully saturated rings. The van der Waals surface area contributed by atoms with Gasteiger partial charge in [-0.2, -0.15) is 0 Å². The number of nitrogens with one attached hydrogen (secondary N) is 1. The Kier molecular flexibility index (Phi) is 6.80. The molecule has 0 bridgehead atoms. The van der Waals surface area contributed by atoms with Crippen LogP contribution in [0.4, 0.5) is 0 Å². The maximum atomic E-state index is 11.6. The van der Waals surface area contributed by atoms with Crippen LogP contribution < -0.4 is 5.32 Å². The van der Waals surface area contributed by atoms with E-state index >= 15 is 0 Å². The highest BCUT2D eigenvalue weighted by molar-refractivity contribution is 5.77. The molecular weight excluding hydrogens is 222 g/mol. The van der Waals surface area contributed by atoms with Crippen LogP contribution in [-0.2, 0) is 14.3 Å². The first-order valence-electron chi connectivity index (χ1n) is 5.84. The number of carbonyl (C=O) groups excluding carboxylic acids is 1. The van der Waals surface area contributed by atoms with Gasteiger partial charge in [0.25, 0.3) is 0 Å². The van der Waals surface area contributed by atoms with Crippen LogP contribution in [0, 0.1) is 5.92 Å². The number of hydrogen-bond acceptors (Lipinski definition) is 3. The summed E-state index contributed by atoms with van der Waals surface area (Å²) in [6, 6.07) is 0. The van der Waals surface area contributed by atoms with Gasteiger partial charge in [0.05, 0.1) is 12.0 Å². The van der Waals surface area contributed by atoms with E-state index in [1.807, 2.05) is 20.8 Å². The molecule has 1 amide bonds. The van der Waals surface area contributed by atoms with Crippen molar-refractivity contribution in [1.29, 1.82) is 0 Å². The number of methoxy groups -OCH3 is 1. The Morgan fingerprint density at radius 2 is 2.00 bits per heavy atom. The molecule has 17 heavy (non-hydrogen) atoms. The number of amides is 1. The van der Waals surface area contributed by atoms with Crippen molar-refractivity contribution >= 4 is 11.9 Å². The minimum Gasteiger partial charge on any atom is -0.481 e. The van der Waals surface area contributed by atoms with Crippen LogP contribution in [0.1, 0.15) is 40.0 Å². The van der Waals surface area contributed by atoms with E-state index in [2.05, 4.69) is 5.32 Å². The van der Waals surface area contributed by atoms with Crippen LogP contribution in [0.15, 0.2) is 0 Å². The molecule has 100 valence electrons. The fourth-order valence-electron chi connectivity index (χ4n) is 1.39. The zero-order chi connectivity index (χ0) is 13.5. The Morgan fingerprint density at radius 1 is 1.41 bits per heavy atom. The molecule has 0 rings (SSSR count). The maximum Gasteiger partial charge on any atom is 0.303 e. The third kappa shape index (κ3) is 7.74. The average molecular weight is 245 g/mol. The third-order valence-electron chi connectivity index (χ3n) is 2.77. The molecular formula is C12H23NO4. The largest absolute Gasteiger partial charge is 0.481 e. The molecule has 1 unspecified atom stereocenters. The van der Waals surface area contributed by atoms with Crippen LogP contribution >= 0.6 is 0 Å². The highest BCUT2D eigenvalue weighted by Gasteiger charge is 2.21. The van der Waals surface area contributed by atoms with Gasteiger partial charge in [-0.05, 0) is 19.8 Å². The zero-order valence-electron chi connectivity index (χ0n) is 11.1. The second-order valence-electron chi connectivity index (χ2n) is 4.82. The summed E-state index contributed by atoms with van der Waals surface area (Å²) in [6.45, 7) is 5.99. The molecule has 1 atom stereocenters. The summed E-state index contributed by atoms with van der Waals surface area (Å²) < 4.78 is 5.15. The number of aliphatic carboxylic acids is 1. The first-order chi connectivity index (χ1) is 7.80. The first kappa shape index (κ1) is 15.9. The molecule has 0 spiro atoms. The molecule has 0 aliphatic heterocycles. The fraction of sp³-hybridized carbons (Fsp3) is 0.833. The van der Waals surface area contributed by atoms with Gasteiger partial charge in [-0.25, -0.2) is 0 Å². The SMILES string of the molecule is CCC(CNC(=O)CC(C)(C)OC)CC(=O)O. The molecule has 0 saturated heterocycles. The van der Waals surface area contributed by atoms with Crippen molar-refractivity contribution in [2.24, 2.45) is 5.92 Å². The van der Waals surface area contributed by atoms with Gasteiger partial charge in [0.1, 0.15) is 0 Å². The summed E-state index contributed by atoms with van der Waals surface area (Å²) >= 11 is 0. The van der Waals surface area contributed by atoms with E-state index in [9.17, 15) is 9.59 Å². The predicted octanol–water partition coefficient (Wildman–Crippen LogP) is 1.42. The zero-order valence-corrected chi connectivity index (χ0v) is 11.1. The van der Waals surface area contributed by atoms with E-state index in [1.165, 1.54) is 0 Å². The highest BCUT2D eigenvalue weighted by Crippen LogP contribution is 2.13. The molecule has 5 nitrogen and oxygen atoms in total. The molecule has 0 aliphatic carbocycles. The van der Waals surface area contributed by atoms with Gasteiger partial charge in [-0.3, -0.25) is 9.59 Å². The van der Waals surface area contributed by atoms with Crippen LogP contribution in [0.2, 0.25) is 0 Å². The molecule has 0 aromatic heterocycles. The maximum absolute atomic E-state index is 11.6. The number of carboxylic acids is 1. The number of hydrogen-bond donors (Lipinski definition) is 2. The van der Waals surface area contributed by atoms with Crippen molar-refractivity contribution in [3.63, 3.8) is 0 Å². The predicted molar refractivity (Wildman–Crippen MR) is 64.7 cm³/mol. The van der Waals surface area contributed by atoms with Gasteiger partial charge in [0.2, 0.25) is 5.91 Å². The lowest BCUT2D eigenvalue weighted by Gasteiger charge is -2.22. The normalized spacial score (nSPS) is 13.2. The number of carbonyl (C=O) groups is 2. The Balaban J connectivity index is 4.01. The molecule has 0 aromatic rings. The van der Waals surface area contributed by atoms with Gasteiger partial charge in [-0.15, -0.1) is 0 Å². The minimum atomic E-state index is -0.830. The van der Waals surface area contributed by atoms with Gasteiger partial charge in [-0.1, -0.05) is 13.3 Å². The molecule has 0 heterocycles. The quantitative estimate of drug-likeness (QED) is 0.678. The number of ether oxygens (including phenoxy) is 1. The summed E-state index contributed by atoms with van der Waals surface area (Å²) in [5.74, 6) is -0.953. The van der Waals surface area contributed by atoms with Gasteiger partial charge in [0, 0.05) is 20.1 Å². The highest BCUT2D eigenvalue weighted by atomic mass is 16.5. The second kappa shape index (κ2) is 7.27. The van der Waals surface area contributed by atoms with Crippen LogP contribution in [0.5, 0.6) is 0 Å². The van der Waals surface area contributed by atoms with Gasteiger partial charge < -0.3 is 15.2 Å². The van der Waals surface area contributed by atoms with Crippen LogP contribution in [0.25, 0.3) is 0 Å². The monoisotopic (exact) mass is 245 g/mol. The molecule has 0 radical (unpaired) electrons. The lowest BCUT2D eigenvalue weighted by molar-refractivity contribution is -0.138.